The second kappa shape index (κ2) is 9.49. The number of thioether (sulfide) groups is 1. The van der Waals surface area contributed by atoms with Crippen molar-refractivity contribution >= 4 is 40.6 Å². The second-order valence-electron chi connectivity index (χ2n) is 6.30. The maximum absolute atomic E-state index is 12.7. The Morgan fingerprint density at radius 2 is 1.87 bits per heavy atom. The number of carboxylic acids is 1. The van der Waals surface area contributed by atoms with Gasteiger partial charge < -0.3 is 14.6 Å². The molecule has 0 bridgehead atoms. The van der Waals surface area contributed by atoms with Crippen LogP contribution in [-0.2, 0) is 4.79 Å². The third kappa shape index (κ3) is 4.83. The Balaban J connectivity index is 1.88. The van der Waals surface area contributed by atoms with Gasteiger partial charge in [-0.3, -0.25) is 9.69 Å². The van der Waals surface area contributed by atoms with Crippen molar-refractivity contribution in [3.05, 3.63) is 58.5 Å². The molecule has 1 N–H and O–H groups in total. The van der Waals surface area contributed by atoms with Gasteiger partial charge in [-0.2, -0.15) is 0 Å². The normalized spacial score (nSPS) is 16.4. The second-order valence-corrected chi connectivity index (χ2v) is 7.31. The molecule has 0 spiro atoms. The molecule has 1 fully saturated rings. The SMILES string of the molecule is CCOc1ccc(C=C2SC(=Nc3cccc(C(=O)O)c3)N(C)C2=O)cc1OCC. The molecule has 2 aromatic carbocycles. The minimum Gasteiger partial charge on any atom is -0.490 e. The lowest BCUT2D eigenvalue weighted by molar-refractivity contribution is -0.121. The van der Waals surface area contributed by atoms with Gasteiger partial charge >= 0.3 is 5.97 Å². The summed E-state index contributed by atoms with van der Waals surface area (Å²) < 4.78 is 11.2. The number of aromatic carboxylic acids is 1. The molecule has 1 saturated heterocycles. The fraction of sp³-hybridized carbons (Fsp3) is 0.227. The van der Waals surface area contributed by atoms with Gasteiger partial charge in [0.2, 0.25) is 0 Å². The van der Waals surface area contributed by atoms with E-state index in [1.807, 2.05) is 32.0 Å². The smallest absolute Gasteiger partial charge is 0.335 e. The molecular weight excluding hydrogens is 404 g/mol. The van der Waals surface area contributed by atoms with Crippen LogP contribution in [0.5, 0.6) is 11.5 Å². The molecule has 156 valence electrons. The first-order valence-electron chi connectivity index (χ1n) is 9.42. The van der Waals surface area contributed by atoms with Crippen molar-refractivity contribution in [1.82, 2.24) is 4.90 Å². The van der Waals surface area contributed by atoms with Crippen molar-refractivity contribution < 1.29 is 24.2 Å². The lowest BCUT2D eigenvalue weighted by atomic mass is 10.2. The highest BCUT2D eigenvalue weighted by Crippen LogP contribution is 2.35. The molecule has 1 aliphatic rings. The van der Waals surface area contributed by atoms with E-state index in [9.17, 15) is 9.59 Å². The summed E-state index contributed by atoms with van der Waals surface area (Å²) in [4.78, 5) is 30.2. The summed E-state index contributed by atoms with van der Waals surface area (Å²) >= 11 is 1.23. The van der Waals surface area contributed by atoms with Gasteiger partial charge in [0.25, 0.3) is 5.91 Å². The van der Waals surface area contributed by atoms with E-state index in [4.69, 9.17) is 14.6 Å². The number of carboxylic acid groups (broad SMARTS) is 1. The fourth-order valence-electron chi connectivity index (χ4n) is 2.78. The minimum absolute atomic E-state index is 0.141. The first kappa shape index (κ1) is 21.4. The number of hydrogen-bond acceptors (Lipinski definition) is 6. The third-order valence-electron chi connectivity index (χ3n) is 4.19. The van der Waals surface area contributed by atoms with Crippen LogP contribution in [0.4, 0.5) is 5.69 Å². The van der Waals surface area contributed by atoms with Gasteiger partial charge in [0, 0.05) is 7.05 Å². The predicted molar refractivity (Wildman–Crippen MR) is 118 cm³/mol. The standard InChI is InChI=1S/C22H22N2O5S/c1-4-28-17-10-9-14(11-18(17)29-5-2)12-19-20(25)24(3)22(30-19)23-16-8-6-7-15(13-16)21(26)27/h6-13H,4-5H2,1-3H3,(H,26,27). The van der Waals surface area contributed by atoms with E-state index in [1.54, 1.807) is 25.3 Å². The average Bonchev–Trinajstić information content (AvgIpc) is 2.98. The number of benzene rings is 2. The number of hydrogen-bond donors (Lipinski definition) is 1. The Labute approximate surface area is 179 Å². The van der Waals surface area contributed by atoms with Gasteiger partial charge in [-0.15, -0.1) is 0 Å². The van der Waals surface area contributed by atoms with Gasteiger partial charge in [0.05, 0.1) is 29.4 Å². The molecule has 1 amide bonds. The Morgan fingerprint density at radius 3 is 2.57 bits per heavy atom. The van der Waals surface area contributed by atoms with Gasteiger partial charge in [-0.05, 0) is 67.6 Å². The van der Waals surface area contributed by atoms with Gasteiger partial charge in [-0.25, -0.2) is 9.79 Å². The number of carbonyl (C=O) groups is 2. The maximum atomic E-state index is 12.7. The summed E-state index contributed by atoms with van der Waals surface area (Å²) in [5.74, 6) is 0.0724. The van der Waals surface area contributed by atoms with E-state index in [0.717, 1.165) is 5.56 Å². The van der Waals surface area contributed by atoms with Crippen LogP contribution in [-0.4, -0.2) is 47.3 Å². The van der Waals surface area contributed by atoms with Crippen LogP contribution in [0, 0.1) is 0 Å². The summed E-state index contributed by atoms with van der Waals surface area (Å²) in [6, 6.07) is 11.8. The topological polar surface area (TPSA) is 88.4 Å². The fourth-order valence-corrected chi connectivity index (χ4v) is 3.77. The lowest BCUT2D eigenvalue weighted by Crippen LogP contribution is -2.23. The number of likely N-dealkylation sites (N-methyl/N-ethyl adjacent to an activating group) is 1. The van der Waals surface area contributed by atoms with Crippen LogP contribution in [0.3, 0.4) is 0 Å². The van der Waals surface area contributed by atoms with E-state index in [1.165, 1.54) is 28.8 Å². The predicted octanol–water partition coefficient (Wildman–Crippen LogP) is 4.42. The number of nitrogens with zero attached hydrogens (tertiary/aromatic N) is 2. The zero-order valence-electron chi connectivity index (χ0n) is 16.9. The number of carbonyl (C=O) groups excluding carboxylic acids is 1. The average molecular weight is 426 g/mol. The lowest BCUT2D eigenvalue weighted by Gasteiger charge is -2.11. The molecule has 8 heteroatoms. The molecular formula is C22H22N2O5S. The highest BCUT2D eigenvalue weighted by atomic mass is 32.2. The molecule has 1 heterocycles. The summed E-state index contributed by atoms with van der Waals surface area (Å²) in [6.07, 6.45) is 1.78. The van der Waals surface area contributed by atoms with E-state index >= 15 is 0 Å². The van der Waals surface area contributed by atoms with Gasteiger partial charge in [0.15, 0.2) is 16.7 Å². The van der Waals surface area contributed by atoms with Crippen LogP contribution in [0.2, 0.25) is 0 Å². The molecule has 0 atom stereocenters. The molecule has 1 aliphatic heterocycles. The first-order valence-corrected chi connectivity index (χ1v) is 10.2. The van der Waals surface area contributed by atoms with Crippen LogP contribution in [0.25, 0.3) is 6.08 Å². The van der Waals surface area contributed by atoms with E-state index in [0.29, 0.717) is 40.5 Å². The molecule has 0 saturated carbocycles. The van der Waals surface area contributed by atoms with Crippen LogP contribution in [0.15, 0.2) is 52.4 Å². The zero-order chi connectivity index (χ0) is 21.7. The Kier molecular flexibility index (Phi) is 6.79. The van der Waals surface area contributed by atoms with Crippen molar-refractivity contribution in [2.24, 2.45) is 4.99 Å². The summed E-state index contributed by atoms with van der Waals surface area (Å²) in [5.41, 5.74) is 1.42. The highest BCUT2D eigenvalue weighted by molar-refractivity contribution is 8.18. The molecule has 30 heavy (non-hydrogen) atoms. The summed E-state index contributed by atoms with van der Waals surface area (Å²) in [6.45, 7) is 4.84. The molecule has 3 rings (SSSR count). The van der Waals surface area contributed by atoms with Crippen molar-refractivity contribution in [3.63, 3.8) is 0 Å². The Hall–Kier alpha value is -3.26. The quantitative estimate of drug-likeness (QED) is 0.660. The molecule has 0 radical (unpaired) electrons. The Morgan fingerprint density at radius 1 is 1.13 bits per heavy atom. The molecule has 0 aromatic heterocycles. The molecule has 0 aliphatic carbocycles. The van der Waals surface area contributed by atoms with Gasteiger partial charge in [0.1, 0.15) is 0 Å². The van der Waals surface area contributed by atoms with Crippen molar-refractivity contribution in [1.29, 1.82) is 0 Å². The van der Waals surface area contributed by atoms with E-state index < -0.39 is 5.97 Å². The van der Waals surface area contributed by atoms with Crippen molar-refractivity contribution in [2.75, 3.05) is 20.3 Å². The van der Waals surface area contributed by atoms with E-state index in [2.05, 4.69) is 4.99 Å². The Bertz CT molecular complexity index is 1030. The van der Waals surface area contributed by atoms with Crippen LogP contribution in [0.1, 0.15) is 29.8 Å². The first-order chi connectivity index (χ1) is 14.4. The molecule has 7 nitrogen and oxygen atoms in total. The summed E-state index contributed by atoms with van der Waals surface area (Å²) in [5, 5.41) is 9.61. The molecule has 2 aromatic rings. The number of amides is 1. The third-order valence-corrected chi connectivity index (χ3v) is 5.25. The highest BCUT2D eigenvalue weighted by Gasteiger charge is 2.30. The number of rotatable bonds is 7. The van der Waals surface area contributed by atoms with Crippen LogP contribution < -0.4 is 9.47 Å². The minimum atomic E-state index is -1.03. The zero-order valence-corrected chi connectivity index (χ0v) is 17.7. The molecule has 0 unspecified atom stereocenters. The van der Waals surface area contributed by atoms with Crippen LogP contribution >= 0.6 is 11.8 Å². The number of ether oxygens (including phenoxy) is 2. The number of amidine groups is 1. The monoisotopic (exact) mass is 426 g/mol. The van der Waals surface area contributed by atoms with Gasteiger partial charge in [-0.1, -0.05) is 12.1 Å². The van der Waals surface area contributed by atoms with Crippen molar-refractivity contribution in [2.45, 2.75) is 13.8 Å². The summed E-state index contributed by atoms with van der Waals surface area (Å²) in [7, 11) is 1.64. The number of aliphatic imine (C=N–C) groups is 1. The van der Waals surface area contributed by atoms with E-state index in [-0.39, 0.29) is 11.5 Å². The van der Waals surface area contributed by atoms with Crippen molar-refractivity contribution in [3.8, 4) is 11.5 Å². The largest absolute Gasteiger partial charge is 0.490 e. The maximum Gasteiger partial charge on any atom is 0.335 e.